The van der Waals surface area contributed by atoms with Gasteiger partial charge in [0, 0.05) is 5.56 Å². The highest BCUT2D eigenvalue weighted by Gasteiger charge is 2.20. The Hall–Kier alpha value is -1.75. The van der Waals surface area contributed by atoms with E-state index in [2.05, 4.69) is 10.6 Å². The Labute approximate surface area is 91.0 Å². The topological polar surface area (TPSA) is 41.1 Å². The molecule has 0 saturated carbocycles. The summed E-state index contributed by atoms with van der Waals surface area (Å²) in [5.74, 6) is -0.722. The molecule has 76 valence electrons. The van der Waals surface area contributed by atoms with Gasteiger partial charge in [0.15, 0.2) is 5.11 Å². The zero-order valence-electron chi connectivity index (χ0n) is 7.58. The molecule has 2 N–H and O–H groups in total. The van der Waals surface area contributed by atoms with Crippen LogP contribution in [0.3, 0.4) is 0 Å². The fourth-order valence-electron chi connectivity index (χ4n) is 1.23. The zero-order valence-corrected chi connectivity index (χ0v) is 8.40. The maximum atomic E-state index is 13.2. The molecule has 15 heavy (non-hydrogen) atoms. The minimum Gasteiger partial charge on any atom is -0.328 e. The number of thiocarbonyl (C=S) groups is 1. The van der Waals surface area contributed by atoms with Crippen molar-refractivity contribution in [3.63, 3.8) is 0 Å². The summed E-state index contributed by atoms with van der Waals surface area (Å²) in [5, 5.41) is 5.28. The van der Waals surface area contributed by atoms with Crippen molar-refractivity contribution in [1.29, 1.82) is 0 Å². The molecule has 0 atom stereocenters. The van der Waals surface area contributed by atoms with E-state index < -0.39 is 0 Å². The molecule has 1 aromatic rings. The van der Waals surface area contributed by atoms with Crippen LogP contribution in [0.1, 0.15) is 5.56 Å². The van der Waals surface area contributed by atoms with Crippen molar-refractivity contribution in [2.75, 3.05) is 0 Å². The van der Waals surface area contributed by atoms with Crippen molar-refractivity contribution in [2.45, 2.75) is 0 Å². The van der Waals surface area contributed by atoms with Gasteiger partial charge >= 0.3 is 0 Å². The summed E-state index contributed by atoms with van der Waals surface area (Å²) in [4.78, 5) is 11.2. The molecule has 1 amide bonds. The molecule has 2 rings (SSSR count). The van der Waals surface area contributed by atoms with Crippen LogP contribution < -0.4 is 10.6 Å². The molecule has 0 unspecified atom stereocenters. The highest BCUT2D eigenvalue weighted by Crippen LogP contribution is 2.11. The Bertz CT molecular complexity index is 470. The van der Waals surface area contributed by atoms with Crippen LogP contribution in [-0.2, 0) is 4.79 Å². The Morgan fingerprint density at radius 3 is 2.60 bits per heavy atom. The van der Waals surface area contributed by atoms with Crippen LogP contribution in [0.2, 0.25) is 0 Å². The molecule has 5 heteroatoms. The Kier molecular flexibility index (Phi) is 2.47. The molecule has 0 aliphatic carbocycles. The average Bonchev–Trinajstić information content (AvgIpc) is 2.49. The quantitative estimate of drug-likeness (QED) is 0.553. The van der Waals surface area contributed by atoms with Gasteiger partial charge in [-0.15, -0.1) is 0 Å². The monoisotopic (exact) mass is 222 g/mol. The van der Waals surface area contributed by atoms with E-state index in [9.17, 15) is 9.18 Å². The van der Waals surface area contributed by atoms with Crippen molar-refractivity contribution in [2.24, 2.45) is 0 Å². The number of amides is 1. The van der Waals surface area contributed by atoms with E-state index in [4.69, 9.17) is 12.2 Å². The van der Waals surface area contributed by atoms with Crippen LogP contribution >= 0.6 is 12.2 Å². The fourth-order valence-corrected chi connectivity index (χ4v) is 1.43. The number of halogens is 1. The molecule has 1 saturated heterocycles. The van der Waals surface area contributed by atoms with E-state index in [-0.39, 0.29) is 22.5 Å². The van der Waals surface area contributed by atoms with E-state index in [1.807, 2.05) is 0 Å². The third kappa shape index (κ3) is 2.02. The molecule has 1 aromatic carbocycles. The van der Waals surface area contributed by atoms with Gasteiger partial charge in [-0.05, 0) is 24.4 Å². The van der Waals surface area contributed by atoms with Crippen molar-refractivity contribution in [1.82, 2.24) is 10.6 Å². The van der Waals surface area contributed by atoms with Gasteiger partial charge in [0.2, 0.25) is 0 Å². The zero-order chi connectivity index (χ0) is 10.8. The maximum absolute atomic E-state index is 13.2. The van der Waals surface area contributed by atoms with Crippen molar-refractivity contribution in [3.8, 4) is 0 Å². The second kappa shape index (κ2) is 3.78. The van der Waals surface area contributed by atoms with Crippen LogP contribution in [0.25, 0.3) is 6.08 Å². The molecule has 3 nitrogen and oxygen atoms in total. The lowest BCUT2D eigenvalue weighted by atomic mass is 10.2. The lowest BCUT2D eigenvalue weighted by Gasteiger charge is -1.97. The molecule has 1 heterocycles. The van der Waals surface area contributed by atoms with Gasteiger partial charge < -0.3 is 5.32 Å². The molecular weight excluding hydrogens is 215 g/mol. The van der Waals surface area contributed by atoms with Gasteiger partial charge in [-0.2, -0.15) is 0 Å². The number of hydrogen-bond acceptors (Lipinski definition) is 2. The lowest BCUT2D eigenvalue weighted by Crippen LogP contribution is -2.21. The average molecular weight is 222 g/mol. The van der Waals surface area contributed by atoms with Crippen molar-refractivity contribution < 1.29 is 9.18 Å². The van der Waals surface area contributed by atoms with E-state index in [0.717, 1.165) is 0 Å². The first-order chi connectivity index (χ1) is 7.16. The van der Waals surface area contributed by atoms with Gasteiger partial charge in [0.25, 0.3) is 5.91 Å². The van der Waals surface area contributed by atoms with Gasteiger partial charge in [-0.1, -0.05) is 18.2 Å². The highest BCUT2D eigenvalue weighted by atomic mass is 32.1. The molecular formula is C10H7FN2OS. The summed E-state index contributed by atoms with van der Waals surface area (Å²) >= 11 is 4.74. The van der Waals surface area contributed by atoms with Crippen LogP contribution in [-0.4, -0.2) is 11.0 Å². The second-order valence-corrected chi connectivity index (χ2v) is 3.40. The molecule has 1 aliphatic heterocycles. The van der Waals surface area contributed by atoms with E-state index in [0.29, 0.717) is 5.56 Å². The van der Waals surface area contributed by atoms with Crippen LogP contribution in [0, 0.1) is 5.82 Å². The minimum absolute atomic E-state index is 0.239. The highest BCUT2D eigenvalue weighted by molar-refractivity contribution is 7.80. The summed E-state index contributed by atoms with van der Waals surface area (Å²) in [6.07, 6.45) is 1.42. The number of hydrogen-bond donors (Lipinski definition) is 2. The predicted molar refractivity (Wildman–Crippen MR) is 58.3 cm³/mol. The number of carbonyl (C=O) groups is 1. The normalized spacial score (nSPS) is 17.8. The molecule has 0 aromatic heterocycles. The van der Waals surface area contributed by atoms with Gasteiger partial charge in [-0.3, -0.25) is 10.1 Å². The Morgan fingerprint density at radius 2 is 2.00 bits per heavy atom. The third-order valence-electron chi connectivity index (χ3n) is 1.92. The largest absolute Gasteiger partial charge is 0.328 e. The third-order valence-corrected chi connectivity index (χ3v) is 2.13. The van der Waals surface area contributed by atoms with Gasteiger partial charge in [0.05, 0.1) is 0 Å². The summed E-state index contributed by atoms with van der Waals surface area (Å²) in [5.41, 5.74) is 0.602. The summed E-state index contributed by atoms with van der Waals surface area (Å²) in [7, 11) is 0. The first-order valence-corrected chi connectivity index (χ1v) is 4.66. The summed E-state index contributed by atoms with van der Waals surface area (Å²) in [6, 6.07) is 6.20. The molecule has 1 fully saturated rings. The van der Waals surface area contributed by atoms with E-state index in [1.54, 1.807) is 18.2 Å². The number of carbonyl (C=O) groups excluding carboxylic acids is 1. The van der Waals surface area contributed by atoms with Gasteiger partial charge in [-0.25, -0.2) is 4.39 Å². The summed E-state index contributed by atoms with van der Waals surface area (Å²) in [6.45, 7) is 0. The van der Waals surface area contributed by atoms with Crippen LogP contribution in [0.15, 0.2) is 30.0 Å². The lowest BCUT2D eigenvalue weighted by molar-refractivity contribution is -0.115. The Balaban J connectivity index is 2.35. The number of nitrogens with one attached hydrogen (secondary N) is 2. The van der Waals surface area contributed by atoms with Crippen LogP contribution in [0.5, 0.6) is 0 Å². The number of benzene rings is 1. The molecule has 0 spiro atoms. The van der Waals surface area contributed by atoms with E-state index in [1.165, 1.54) is 12.1 Å². The Morgan fingerprint density at radius 1 is 1.27 bits per heavy atom. The van der Waals surface area contributed by atoms with Crippen molar-refractivity contribution >= 4 is 29.3 Å². The number of rotatable bonds is 1. The second-order valence-electron chi connectivity index (χ2n) is 2.99. The first-order valence-electron chi connectivity index (χ1n) is 4.25. The van der Waals surface area contributed by atoms with Crippen molar-refractivity contribution in [3.05, 3.63) is 41.3 Å². The fraction of sp³-hybridized carbons (Fsp3) is 0. The predicted octanol–water partition coefficient (Wildman–Crippen LogP) is 1.17. The SMILES string of the molecule is O=C1NC(=S)NC1=Cc1ccccc1F. The smallest absolute Gasteiger partial charge is 0.273 e. The standard InChI is InChI=1S/C10H7FN2OS/c11-7-4-2-1-3-6(7)5-8-9(14)13-10(15)12-8/h1-5H,(H2,12,13,14,15). The van der Waals surface area contributed by atoms with E-state index >= 15 is 0 Å². The first kappa shape index (κ1) is 9.79. The van der Waals surface area contributed by atoms with Crippen LogP contribution in [0.4, 0.5) is 4.39 Å². The minimum atomic E-state index is -0.377. The molecule has 0 bridgehead atoms. The maximum Gasteiger partial charge on any atom is 0.273 e. The molecule has 1 aliphatic rings. The summed E-state index contributed by atoms with van der Waals surface area (Å²) < 4.78 is 13.2. The van der Waals surface area contributed by atoms with Gasteiger partial charge in [0.1, 0.15) is 11.5 Å². The molecule has 0 radical (unpaired) electrons.